The van der Waals surface area contributed by atoms with E-state index in [0.29, 0.717) is 51.4 Å². The van der Waals surface area contributed by atoms with Gasteiger partial charge in [-0.3, -0.25) is 14.4 Å². The SMILES string of the molecule is Cc1ccc(C(C)(CCCCC(=O)CCCCC(C)(C(=O)O)c2ccc(C)cc2)C(=O)O)cc1. The average molecular weight is 467 g/mol. The highest BCUT2D eigenvalue weighted by molar-refractivity contribution is 5.81. The number of hydrogen-bond acceptors (Lipinski definition) is 3. The monoisotopic (exact) mass is 466 g/mol. The molecule has 0 aliphatic carbocycles. The number of aliphatic carboxylic acids is 2. The molecule has 0 radical (unpaired) electrons. The highest BCUT2D eigenvalue weighted by Gasteiger charge is 2.35. The zero-order valence-corrected chi connectivity index (χ0v) is 20.9. The zero-order valence-electron chi connectivity index (χ0n) is 20.9. The van der Waals surface area contributed by atoms with Crippen molar-refractivity contribution in [1.29, 1.82) is 0 Å². The second kappa shape index (κ2) is 12.0. The number of carbonyl (C=O) groups excluding carboxylic acids is 1. The van der Waals surface area contributed by atoms with Crippen LogP contribution >= 0.6 is 0 Å². The Hall–Kier alpha value is -2.95. The van der Waals surface area contributed by atoms with Crippen molar-refractivity contribution in [3.63, 3.8) is 0 Å². The number of rotatable bonds is 14. The lowest BCUT2D eigenvalue weighted by atomic mass is 9.77. The van der Waals surface area contributed by atoms with E-state index in [4.69, 9.17) is 0 Å². The van der Waals surface area contributed by atoms with Gasteiger partial charge in [0.05, 0.1) is 10.8 Å². The minimum Gasteiger partial charge on any atom is -0.481 e. The molecule has 0 aliphatic rings. The number of hydrogen-bond donors (Lipinski definition) is 2. The molecule has 34 heavy (non-hydrogen) atoms. The minimum absolute atomic E-state index is 0.153. The lowest BCUT2D eigenvalue weighted by Gasteiger charge is -2.26. The number of Topliss-reactive ketones (excluding diaryl/α,β-unsaturated/α-hetero) is 1. The molecule has 2 aromatic carbocycles. The molecule has 0 aromatic heterocycles. The van der Waals surface area contributed by atoms with Gasteiger partial charge in [-0.1, -0.05) is 72.5 Å². The number of carboxylic acid groups (broad SMARTS) is 2. The van der Waals surface area contributed by atoms with Crippen molar-refractivity contribution in [3.8, 4) is 0 Å². The molecule has 0 amide bonds. The number of unbranched alkanes of at least 4 members (excludes halogenated alkanes) is 2. The maximum atomic E-state index is 12.3. The van der Waals surface area contributed by atoms with Crippen LogP contribution in [0.5, 0.6) is 0 Å². The molecular weight excluding hydrogens is 428 g/mol. The van der Waals surface area contributed by atoms with E-state index >= 15 is 0 Å². The summed E-state index contributed by atoms with van der Waals surface area (Å²) < 4.78 is 0. The minimum atomic E-state index is -0.964. The van der Waals surface area contributed by atoms with Gasteiger partial charge in [0.1, 0.15) is 5.78 Å². The molecule has 2 atom stereocenters. The summed E-state index contributed by atoms with van der Waals surface area (Å²) in [4.78, 5) is 36.2. The molecule has 2 unspecified atom stereocenters. The van der Waals surface area contributed by atoms with E-state index in [9.17, 15) is 24.6 Å². The molecule has 0 fully saturated rings. The van der Waals surface area contributed by atoms with Crippen LogP contribution in [-0.2, 0) is 25.2 Å². The predicted octanol–water partition coefficient (Wildman–Crippen LogP) is 6.38. The Morgan fingerprint density at radius 3 is 1.24 bits per heavy atom. The Balaban J connectivity index is 1.77. The van der Waals surface area contributed by atoms with Gasteiger partial charge in [0.25, 0.3) is 0 Å². The van der Waals surface area contributed by atoms with Gasteiger partial charge in [0.15, 0.2) is 0 Å². The number of benzene rings is 2. The maximum absolute atomic E-state index is 12.3. The van der Waals surface area contributed by atoms with Crippen LogP contribution in [0.25, 0.3) is 0 Å². The molecule has 0 saturated heterocycles. The molecule has 0 saturated carbocycles. The molecule has 5 nitrogen and oxygen atoms in total. The van der Waals surface area contributed by atoms with Crippen LogP contribution in [0.15, 0.2) is 48.5 Å². The van der Waals surface area contributed by atoms with E-state index in [-0.39, 0.29) is 5.78 Å². The summed E-state index contributed by atoms with van der Waals surface area (Å²) in [6.45, 7) is 7.43. The van der Waals surface area contributed by atoms with E-state index < -0.39 is 22.8 Å². The molecule has 2 aromatic rings. The quantitative estimate of drug-likeness (QED) is 0.315. The third kappa shape index (κ3) is 7.02. The fourth-order valence-corrected chi connectivity index (χ4v) is 4.32. The van der Waals surface area contributed by atoms with Crippen molar-refractivity contribution in [1.82, 2.24) is 0 Å². The second-order valence-corrected chi connectivity index (χ2v) is 9.96. The summed E-state index contributed by atoms with van der Waals surface area (Å²) in [7, 11) is 0. The van der Waals surface area contributed by atoms with Gasteiger partial charge in [-0.25, -0.2) is 0 Å². The van der Waals surface area contributed by atoms with Crippen molar-refractivity contribution in [2.24, 2.45) is 0 Å². The van der Waals surface area contributed by atoms with Crippen molar-refractivity contribution in [2.75, 3.05) is 0 Å². The zero-order chi connectivity index (χ0) is 25.4. The molecule has 0 heterocycles. The molecule has 0 aliphatic heterocycles. The van der Waals surface area contributed by atoms with Crippen LogP contribution in [0.3, 0.4) is 0 Å². The standard InChI is InChI=1S/C29H38O5/c1-21-11-15-23(16-12-21)28(3,26(31)32)19-7-5-9-25(30)10-6-8-20-29(4,27(33)34)24-17-13-22(2)14-18-24/h11-18H,5-10,19-20H2,1-4H3,(H,31,32)(H,33,34). The van der Waals surface area contributed by atoms with Crippen LogP contribution in [-0.4, -0.2) is 27.9 Å². The summed E-state index contributed by atoms with van der Waals surface area (Å²) >= 11 is 0. The van der Waals surface area contributed by atoms with E-state index in [2.05, 4.69) is 0 Å². The molecular formula is C29H38O5. The van der Waals surface area contributed by atoms with Crippen molar-refractivity contribution >= 4 is 17.7 Å². The van der Waals surface area contributed by atoms with Gasteiger partial charge in [0.2, 0.25) is 0 Å². The Morgan fingerprint density at radius 2 is 0.941 bits per heavy atom. The fraction of sp³-hybridized carbons (Fsp3) is 0.483. The van der Waals surface area contributed by atoms with E-state index in [1.54, 1.807) is 13.8 Å². The second-order valence-electron chi connectivity index (χ2n) is 9.96. The number of aryl methyl sites for hydroxylation is 2. The van der Waals surface area contributed by atoms with Crippen LogP contribution in [0.2, 0.25) is 0 Å². The first-order valence-electron chi connectivity index (χ1n) is 12.1. The Bertz CT molecular complexity index is 897. The predicted molar refractivity (Wildman–Crippen MR) is 134 cm³/mol. The third-order valence-corrected chi connectivity index (χ3v) is 7.09. The molecule has 0 spiro atoms. The van der Waals surface area contributed by atoms with Gasteiger partial charge in [-0.05, 0) is 64.5 Å². The first-order chi connectivity index (χ1) is 16.0. The molecule has 2 rings (SSSR count). The van der Waals surface area contributed by atoms with Gasteiger partial charge < -0.3 is 10.2 Å². The van der Waals surface area contributed by atoms with Gasteiger partial charge >= 0.3 is 11.9 Å². The van der Waals surface area contributed by atoms with Crippen LogP contribution in [0.1, 0.15) is 87.5 Å². The highest BCUT2D eigenvalue weighted by Crippen LogP contribution is 2.32. The highest BCUT2D eigenvalue weighted by atomic mass is 16.4. The first-order valence-corrected chi connectivity index (χ1v) is 12.1. The van der Waals surface area contributed by atoms with Crippen molar-refractivity contribution < 1.29 is 24.6 Å². The van der Waals surface area contributed by atoms with Crippen LogP contribution in [0.4, 0.5) is 0 Å². The summed E-state index contributed by atoms with van der Waals surface area (Å²) in [6.07, 6.45) is 4.45. The van der Waals surface area contributed by atoms with Crippen LogP contribution < -0.4 is 0 Å². The Labute approximate surface area is 203 Å². The first kappa shape index (κ1) is 27.3. The summed E-state index contributed by atoms with van der Waals surface area (Å²) in [6, 6.07) is 15.2. The van der Waals surface area contributed by atoms with Crippen molar-refractivity contribution in [2.45, 2.75) is 89.9 Å². The number of ketones is 1. The van der Waals surface area contributed by atoms with E-state index in [1.165, 1.54) is 0 Å². The molecule has 0 bridgehead atoms. The van der Waals surface area contributed by atoms with Gasteiger partial charge in [-0.2, -0.15) is 0 Å². The van der Waals surface area contributed by atoms with Gasteiger partial charge in [-0.15, -0.1) is 0 Å². The summed E-state index contributed by atoms with van der Waals surface area (Å²) in [5.41, 5.74) is 1.82. The maximum Gasteiger partial charge on any atom is 0.313 e. The Morgan fingerprint density at radius 1 is 0.618 bits per heavy atom. The number of carboxylic acids is 2. The summed E-state index contributed by atoms with van der Waals surface area (Å²) in [5.74, 6) is -1.55. The van der Waals surface area contributed by atoms with E-state index in [0.717, 1.165) is 22.3 Å². The lowest BCUT2D eigenvalue weighted by Crippen LogP contribution is -2.32. The van der Waals surface area contributed by atoms with Gasteiger partial charge in [0, 0.05) is 12.8 Å². The summed E-state index contributed by atoms with van der Waals surface area (Å²) in [5, 5.41) is 19.6. The molecule has 184 valence electrons. The lowest BCUT2D eigenvalue weighted by molar-refractivity contribution is -0.144. The van der Waals surface area contributed by atoms with E-state index in [1.807, 2.05) is 62.4 Å². The topological polar surface area (TPSA) is 91.7 Å². The average Bonchev–Trinajstić information content (AvgIpc) is 2.79. The largest absolute Gasteiger partial charge is 0.481 e. The third-order valence-electron chi connectivity index (χ3n) is 7.09. The normalized spacial score (nSPS) is 14.7. The molecule has 5 heteroatoms. The fourth-order valence-electron chi connectivity index (χ4n) is 4.32. The van der Waals surface area contributed by atoms with Crippen LogP contribution in [0, 0.1) is 13.8 Å². The number of carbonyl (C=O) groups is 3. The van der Waals surface area contributed by atoms with Crippen molar-refractivity contribution in [3.05, 3.63) is 70.8 Å². The smallest absolute Gasteiger partial charge is 0.313 e. The molecule has 2 N–H and O–H groups in total. The Kier molecular flexibility index (Phi) is 9.60.